The molecular formula is C13H14BrN5O. The van der Waals surface area contributed by atoms with E-state index in [0.29, 0.717) is 18.2 Å². The summed E-state index contributed by atoms with van der Waals surface area (Å²) in [4.78, 5) is 8.31. The minimum atomic E-state index is 0.519. The molecule has 0 radical (unpaired) electrons. The molecule has 20 heavy (non-hydrogen) atoms. The average molecular weight is 336 g/mol. The maximum Gasteiger partial charge on any atom is 0.160 e. The van der Waals surface area contributed by atoms with E-state index in [0.717, 1.165) is 28.8 Å². The fourth-order valence-electron chi connectivity index (χ4n) is 2.18. The largest absolute Gasteiger partial charge is 0.493 e. The summed E-state index contributed by atoms with van der Waals surface area (Å²) in [7, 11) is 0. The summed E-state index contributed by atoms with van der Waals surface area (Å²) in [5.41, 5.74) is 4.80. The lowest BCUT2D eigenvalue weighted by atomic mass is 10.1. The van der Waals surface area contributed by atoms with E-state index in [1.165, 1.54) is 5.56 Å². The molecule has 2 heterocycles. The zero-order valence-corrected chi connectivity index (χ0v) is 12.3. The first-order valence-electron chi connectivity index (χ1n) is 6.23. The van der Waals surface area contributed by atoms with Crippen molar-refractivity contribution in [1.29, 1.82) is 0 Å². The summed E-state index contributed by atoms with van der Waals surface area (Å²) in [6.07, 6.45) is 4.17. The van der Waals surface area contributed by atoms with E-state index in [9.17, 15) is 0 Å². The van der Waals surface area contributed by atoms with E-state index < -0.39 is 0 Å². The number of ether oxygens (including phenoxy) is 1. The molecule has 2 aromatic rings. The van der Waals surface area contributed by atoms with Crippen LogP contribution in [-0.4, -0.2) is 16.6 Å². The van der Waals surface area contributed by atoms with Gasteiger partial charge in [0.15, 0.2) is 5.82 Å². The lowest BCUT2D eigenvalue weighted by Gasteiger charge is -2.11. The Bertz CT molecular complexity index is 634. The number of hydrogen-bond donors (Lipinski definition) is 3. The third-order valence-electron chi connectivity index (χ3n) is 3.07. The van der Waals surface area contributed by atoms with E-state index in [1.54, 1.807) is 12.4 Å². The molecule has 0 aliphatic carbocycles. The molecule has 0 unspecified atom stereocenters. The molecular weight excluding hydrogens is 322 g/mol. The van der Waals surface area contributed by atoms with Crippen LogP contribution in [0.15, 0.2) is 29.0 Å². The van der Waals surface area contributed by atoms with Gasteiger partial charge in [-0.25, -0.2) is 10.8 Å². The first-order chi connectivity index (χ1) is 9.76. The van der Waals surface area contributed by atoms with Crippen LogP contribution in [0.4, 0.5) is 11.6 Å². The summed E-state index contributed by atoms with van der Waals surface area (Å²) >= 11 is 3.53. The highest BCUT2D eigenvalue weighted by atomic mass is 79.9. The van der Waals surface area contributed by atoms with Crippen LogP contribution >= 0.6 is 15.9 Å². The van der Waals surface area contributed by atoms with Crippen LogP contribution in [0.25, 0.3) is 0 Å². The van der Waals surface area contributed by atoms with Crippen LogP contribution in [0.3, 0.4) is 0 Å². The zero-order valence-electron chi connectivity index (χ0n) is 10.7. The van der Waals surface area contributed by atoms with Gasteiger partial charge >= 0.3 is 0 Å². The molecule has 1 aromatic heterocycles. The van der Waals surface area contributed by atoms with Crippen molar-refractivity contribution < 1.29 is 4.74 Å². The standard InChI is InChI=1S/C13H14BrN5O/c14-10-3-8-1-2-20-13(8)9(4-10)5-17-11-6-16-7-12(18-11)19-15/h3-4,6-7H,1-2,5,15H2,(H2,17,18,19). The monoisotopic (exact) mass is 335 g/mol. The van der Waals surface area contributed by atoms with Crippen LogP contribution in [0.2, 0.25) is 0 Å². The van der Waals surface area contributed by atoms with Gasteiger partial charge in [-0.1, -0.05) is 15.9 Å². The first kappa shape index (κ1) is 13.1. The van der Waals surface area contributed by atoms with Crippen LogP contribution < -0.4 is 21.3 Å². The Labute approximate surface area is 124 Å². The maximum atomic E-state index is 5.69. The lowest BCUT2D eigenvalue weighted by Crippen LogP contribution is -2.10. The number of anilines is 2. The number of hydrogen-bond acceptors (Lipinski definition) is 6. The molecule has 1 aromatic carbocycles. The molecule has 0 saturated carbocycles. The lowest BCUT2D eigenvalue weighted by molar-refractivity contribution is 0.354. The molecule has 0 fully saturated rings. The molecule has 4 N–H and O–H groups in total. The van der Waals surface area contributed by atoms with E-state index in [1.807, 2.05) is 0 Å². The summed E-state index contributed by atoms with van der Waals surface area (Å²) in [6, 6.07) is 4.15. The van der Waals surface area contributed by atoms with Gasteiger partial charge in [0.2, 0.25) is 0 Å². The van der Waals surface area contributed by atoms with Crippen LogP contribution in [-0.2, 0) is 13.0 Å². The van der Waals surface area contributed by atoms with Crippen LogP contribution in [0.1, 0.15) is 11.1 Å². The summed E-state index contributed by atoms with van der Waals surface area (Å²) in [6.45, 7) is 1.36. The van der Waals surface area contributed by atoms with Gasteiger partial charge in [-0.3, -0.25) is 4.98 Å². The van der Waals surface area contributed by atoms with Crippen molar-refractivity contribution in [2.45, 2.75) is 13.0 Å². The molecule has 7 heteroatoms. The SMILES string of the molecule is NNc1cncc(NCc2cc(Br)cc3c2OCC3)n1. The number of hydrazine groups is 1. The predicted octanol–water partition coefficient (Wildman–Crippen LogP) is 2.07. The van der Waals surface area contributed by atoms with E-state index in [2.05, 4.69) is 48.8 Å². The Morgan fingerprint density at radius 3 is 3.00 bits per heavy atom. The van der Waals surface area contributed by atoms with Gasteiger partial charge in [-0.05, 0) is 17.7 Å². The fourth-order valence-corrected chi connectivity index (χ4v) is 2.74. The number of benzene rings is 1. The number of nitrogens with two attached hydrogens (primary N) is 1. The normalized spacial score (nSPS) is 12.7. The van der Waals surface area contributed by atoms with Crippen molar-refractivity contribution in [3.05, 3.63) is 40.1 Å². The highest BCUT2D eigenvalue weighted by molar-refractivity contribution is 9.10. The van der Waals surface area contributed by atoms with Gasteiger partial charge in [0, 0.05) is 23.0 Å². The van der Waals surface area contributed by atoms with Crippen molar-refractivity contribution >= 4 is 27.6 Å². The number of halogens is 1. The Balaban J connectivity index is 1.78. The van der Waals surface area contributed by atoms with E-state index in [4.69, 9.17) is 10.6 Å². The minimum Gasteiger partial charge on any atom is -0.493 e. The molecule has 104 valence electrons. The molecule has 0 spiro atoms. The number of fused-ring (bicyclic) bond motifs is 1. The fraction of sp³-hybridized carbons (Fsp3) is 0.231. The molecule has 3 rings (SSSR count). The molecule has 1 aliphatic rings. The molecule has 1 aliphatic heterocycles. The summed E-state index contributed by atoms with van der Waals surface area (Å²) in [5, 5.41) is 3.22. The number of aromatic nitrogens is 2. The van der Waals surface area contributed by atoms with E-state index >= 15 is 0 Å². The second kappa shape index (κ2) is 5.64. The second-order valence-corrected chi connectivity index (χ2v) is 5.35. The first-order valence-corrected chi connectivity index (χ1v) is 7.02. The highest BCUT2D eigenvalue weighted by Crippen LogP contribution is 2.33. The Morgan fingerprint density at radius 1 is 1.30 bits per heavy atom. The topological polar surface area (TPSA) is 85.1 Å². The van der Waals surface area contributed by atoms with Crippen LogP contribution in [0.5, 0.6) is 5.75 Å². The van der Waals surface area contributed by atoms with Gasteiger partial charge in [-0.2, -0.15) is 0 Å². The van der Waals surface area contributed by atoms with Crippen LogP contribution in [0, 0.1) is 0 Å². The van der Waals surface area contributed by atoms with Crippen molar-refractivity contribution in [3.63, 3.8) is 0 Å². The third-order valence-corrected chi connectivity index (χ3v) is 3.53. The predicted molar refractivity (Wildman–Crippen MR) is 80.5 cm³/mol. The number of nitrogen functional groups attached to an aromatic ring is 1. The van der Waals surface area contributed by atoms with Crippen molar-refractivity contribution in [2.24, 2.45) is 5.84 Å². The molecule has 0 saturated heterocycles. The van der Waals surface area contributed by atoms with Crippen molar-refractivity contribution in [2.75, 3.05) is 17.3 Å². The van der Waals surface area contributed by atoms with Gasteiger partial charge in [-0.15, -0.1) is 0 Å². The minimum absolute atomic E-state index is 0.519. The number of nitrogens with one attached hydrogen (secondary N) is 2. The summed E-state index contributed by atoms with van der Waals surface area (Å²) in [5.74, 6) is 7.47. The smallest absolute Gasteiger partial charge is 0.160 e. The van der Waals surface area contributed by atoms with Crippen molar-refractivity contribution in [1.82, 2.24) is 9.97 Å². The molecule has 0 atom stereocenters. The average Bonchev–Trinajstić information content (AvgIpc) is 2.93. The third kappa shape index (κ3) is 2.68. The van der Waals surface area contributed by atoms with Crippen molar-refractivity contribution in [3.8, 4) is 5.75 Å². The maximum absolute atomic E-state index is 5.69. The van der Waals surface area contributed by atoms with E-state index in [-0.39, 0.29) is 0 Å². The Kier molecular flexibility index (Phi) is 3.70. The Morgan fingerprint density at radius 2 is 2.15 bits per heavy atom. The molecule has 6 nitrogen and oxygen atoms in total. The number of nitrogens with zero attached hydrogens (tertiary/aromatic N) is 2. The van der Waals surface area contributed by atoms with Gasteiger partial charge in [0.05, 0.1) is 19.0 Å². The summed E-state index contributed by atoms with van der Waals surface area (Å²) < 4.78 is 6.75. The second-order valence-electron chi connectivity index (χ2n) is 4.44. The van der Waals surface area contributed by atoms with Gasteiger partial charge in [0.25, 0.3) is 0 Å². The van der Waals surface area contributed by atoms with Gasteiger partial charge in [0.1, 0.15) is 11.6 Å². The molecule has 0 bridgehead atoms. The zero-order chi connectivity index (χ0) is 13.9. The number of rotatable bonds is 4. The molecule has 0 amide bonds. The Hall–Kier alpha value is -1.86. The highest BCUT2D eigenvalue weighted by Gasteiger charge is 2.17. The van der Waals surface area contributed by atoms with Gasteiger partial charge < -0.3 is 15.5 Å². The quantitative estimate of drug-likeness (QED) is 0.585.